The Morgan fingerprint density at radius 2 is 2.17 bits per heavy atom. The van der Waals surface area contributed by atoms with Crippen LogP contribution in [0.5, 0.6) is 0 Å². The number of morpholine rings is 1. The second-order valence-corrected chi connectivity index (χ2v) is 7.58. The zero-order chi connectivity index (χ0) is 20.2. The number of ether oxygens (including phenoxy) is 3. The van der Waals surface area contributed by atoms with Crippen LogP contribution in [0.25, 0.3) is 0 Å². The zero-order valence-electron chi connectivity index (χ0n) is 17.7. The summed E-state index contributed by atoms with van der Waals surface area (Å²) in [4.78, 5) is 9.71. The van der Waals surface area contributed by atoms with Gasteiger partial charge in [0.15, 0.2) is 5.96 Å². The van der Waals surface area contributed by atoms with E-state index in [1.54, 1.807) is 13.4 Å². The molecule has 0 spiro atoms. The predicted octanol–water partition coefficient (Wildman–Crippen LogP) is 1.08. The molecule has 2 aliphatic rings. The monoisotopic (exact) mass is 408 g/mol. The molecule has 0 radical (unpaired) electrons. The fraction of sp³-hybridized carbons (Fsp3) is 0.762. The van der Waals surface area contributed by atoms with Gasteiger partial charge in [0.25, 0.3) is 0 Å². The van der Waals surface area contributed by atoms with Crippen LogP contribution in [0, 0.1) is 5.92 Å². The molecule has 1 atom stereocenters. The van der Waals surface area contributed by atoms with Crippen molar-refractivity contribution in [3.63, 3.8) is 0 Å². The SMILES string of the molecule is COCCOCC1CCN(C(=NCCN2CCOCC2)NCCc2ccco2)C1. The molecule has 0 saturated carbocycles. The predicted molar refractivity (Wildman–Crippen MR) is 112 cm³/mol. The third kappa shape index (κ3) is 7.97. The lowest BCUT2D eigenvalue weighted by Gasteiger charge is -2.26. The van der Waals surface area contributed by atoms with E-state index in [4.69, 9.17) is 23.6 Å². The van der Waals surface area contributed by atoms with Crippen molar-refractivity contribution in [3.05, 3.63) is 24.2 Å². The van der Waals surface area contributed by atoms with Crippen LogP contribution in [0.3, 0.4) is 0 Å². The van der Waals surface area contributed by atoms with Gasteiger partial charge >= 0.3 is 0 Å². The second-order valence-electron chi connectivity index (χ2n) is 7.58. The molecule has 3 rings (SSSR count). The van der Waals surface area contributed by atoms with Crippen molar-refractivity contribution < 1.29 is 18.6 Å². The van der Waals surface area contributed by atoms with Gasteiger partial charge in [0.05, 0.1) is 45.8 Å². The maximum Gasteiger partial charge on any atom is 0.193 e. The van der Waals surface area contributed by atoms with Gasteiger partial charge in [-0.25, -0.2) is 0 Å². The van der Waals surface area contributed by atoms with Gasteiger partial charge in [0.1, 0.15) is 5.76 Å². The lowest BCUT2D eigenvalue weighted by atomic mass is 10.1. The fourth-order valence-electron chi connectivity index (χ4n) is 3.70. The molecule has 0 aromatic carbocycles. The molecule has 0 amide bonds. The molecule has 1 aromatic heterocycles. The van der Waals surface area contributed by atoms with Crippen LogP contribution in [0.2, 0.25) is 0 Å². The first-order valence-electron chi connectivity index (χ1n) is 10.8. The Bertz CT molecular complexity index is 575. The number of methoxy groups -OCH3 is 1. The Labute approximate surface area is 174 Å². The Morgan fingerprint density at radius 3 is 2.97 bits per heavy atom. The molecular weight excluding hydrogens is 372 g/mol. The number of hydrogen-bond donors (Lipinski definition) is 1. The molecule has 0 bridgehead atoms. The summed E-state index contributed by atoms with van der Waals surface area (Å²) in [6, 6.07) is 3.95. The van der Waals surface area contributed by atoms with Gasteiger partial charge in [-0.15, -0.1) is 0 Å². The Hall–Kier alpha value is -1.61. The summed E-state index contributed by atoms with van der Waals surface area (Å²) in [5.74, 6) is 2.54. The van der Waals surface area contributed by atoms with Crippen LogP contribution in [0.15, 0.2) is 27.8 Å². The lowest BCUT2D eigenvalue weighted by Crippen LogP contribution is -2.42. The molecule has 0 aliphatic carbocycles. The highest BCUT2D eigenvalue weighted by Crippen LogP contribution is 2.16. The number of likely N-dealkylation sites (tertiary alicyclic amines) is 1. The van der Waals surface area contributed by atoms with E-state index >= 15 is 0 Å². The molecule has 8 heteroatoms. The molecule has 2 saturated heterocycles. The topological polar surface area (TPSA) is 71.7 Å². The molecule has 8 nitrogen and oxygen atoms in total. The molecule has 3 heterocycles. The number of nitrogens with zero attached hydrogens (tertiary/aromatic N) is 3. The molecule has 1 N–H and O–H groups in total. The van der Waals surface area contributed by atoms with Crippen LogP contribution in [0.4, 0.5) is 0 Å². The van der Waals surface area contributed by atoms with Gasteiger partial charge in [-0.1, -0.05) is 0 Å². The van der Waals surface area contributed by atoms with Gasteiger partial charge in [0.2, 0.25) is 0 Å². The lowest BCUT2D eigenvalue weighted by molar-refractivity contribution is 0.0394. The zero-order valence-corrected chi connectivity index (χ0v) is 17.7. The van der Waals surface area contributed by atoms with Crippen molar-refractivity contribution in [2.75, 3.05) is 86.0 Å². The molecule has 29 heavy (non-hydrogen) atoms. The molecule has 1 unspecified atom stereocenters. The Morgan fingerprint density at radius 1 is 1.28 bits per heavy atom. The summed E-state index contributed by atoms with van der Waals surface area (Å²) in [5.41, 5.74) is 0. The van der Waals surface area contributed by atoms with Crippen LogP contribution in [0.1, 0.15) is 12.2 Å². The first-order valence-corrected chi connectivity index (χ1v) is 10.8. The van der Waals surface area contributed by atoms with E-state index in [2.05, 4.69) is 15.1 Å². The number of furan rings is 1. The van der Waals surface area contributed by atoms with Gasteiger partial charge < -0.3 is 28.8 Å². The van der Waals surface area contributed by atoms with Crippen LogP contribution in [-0.4, -0.2) is 102 Å². The molecule has 164 valence electrons. The van der Waals surface area contributed by atoms with E-state index in [9.17, 15) is 0 Å². The van der Waals surface area contributed by atoms with E-state index in [0.29, 0.717) is 19.1 Å². The number of guanidine groups is 1. The highest BCUT2D eigenvalue weighted by molar-refractivity contribution is 5.80. The average molecular weight is 409 g/mol. The quantitative estimate of drug-likeness (QED) is 0.334. The summed E-state index contributed by atoms with van der Waals surface area (Å²) in [7, 11) is 1.70. The number of nitrogens with one attached hydrogen (secondary N) is 1. The number of hydrogen-bond acceptors (Lipinski definition) is 6. The van der Waals surface area contributed by atoms with Crippen molar-refractivity contribution in [1.82, 2.24) is 15.1 Å². The van der Waals surface area contributed by atoms with Gasteiger partial charge in [-0.2, -0.15) is 0 Å². The van der Waals surface area contributed by atoms with Crippen molar-refractivity contribution in [2.24, 2.45) is 10.9 Å². The van der Waals surface area contributed by atoms with E-state index in [0.717, 1.165) is 90.2 Å². The van der Waals surface area contributed by atoms with Gasteiger partial charge in [0, 0.05) is 58.7 Å². The molecule has 2 fully saturated rings. The summed E-state index contributed by atoms with van der Waals surface area (Å²) in [5, 5.41) is 3.55. The first kappa shape index (κ1) is 22.1. The van der Waals surface area contributed by atoms with E-state index in [-0.39, 0.29) is 0 Å². The largest absolute Gasteiger partial charge is 0.469 e. The van der Waals surface area contributed by atoms with E-state index in [1.807, 2.05) is 12.1 Å². The highest BCUT2D eigenvalue weighted by Gasteiger charge is 2.25. The summed E-state index contributed by atoms with van der Waals surface area (Å²) in [6.07, 6.45) is 3.71. The standard InChI is InChI=1S/C21H36N4O4/c1-26-15-16-28-18-19-5-8-25(17-19)21(22-6-4-20-3-2-12-29-20)23-7-9-24-10-13-27-14-11-24/h2-3,12,19H,4-11,13-18H2,1H3,(H,22,23). The summed E-state index contributed by atoms with van der Waals surface area (Å²) >= 11 is 0. The van der Waals surface area contributed by atoms with E-state index < -0.39 is 0 Å². The van der Waals surface area contributed by atoms with Crippen LogP contribution >= 0.6 is 0 Å². The van der Waals surface area contributed by atoms with Crippen molar-refractivity contribution >= 4 is 5.96 Å². The normalized spacial score (nSPS) is 21.1. The second kappa shape index (κ2) is 12.8. The minimum Gasteiger partial charge on any atom is -0.469 e. The van der Waals surface area contributed by atoms with Crippen molar-refractivity contribution in [1.29, 1.82) is 0 Å². The van der Waals surface area contributed by atoms with Crippen molar-refractivity contribution in [3.8, 4) is 0 Å². The maximum atomic E-state index is 5.73. The minimum absolute atomic E-state index is 0.545. The van der Waals surface area contributed by atoms with Gasteiger partial charge in [-0.3, -0.25) is 9.89 Å². The first-order chi connectivity index (χ1) is 14.3. The average Bonchev–Trinajstić information content (AvgIpc) is 3.43. The third-order valence-corrected chi connectivity index (χ3v) is 5.39. The Kier molecular flexibility index (Phi) is 9.78. The fourth-order valence-corrected chi connectivity index (χ4v) is 3.70. The smallest absolute Gasteiger partial charge is 0.193 e. The van der Waals surface area contributed by atoms with E-state index in [1.165, 1.54) is 0 Å². The number of aliphatic imine (C=N–C) groups is 1. The summed E-state index contributed by atoms with van der Waals surface area (Å²) < 4.78 is 21.7. The van der Waals surface area contributed by atoms with Crippen molar-refractivity contribution in [2.45, 2.75) is 12.8 Å². The molecule has 1 aromatic rings. The van der Waals surface area contributed by atoms with Crippen LogP contribution < -0.4 is 5.32 Å². The Balaban J connectivity index is 1.46. The third-order valence-electron chi connectivity index (χ3n) is 5.39. The minimum atomic E-state index is 0.545. The molecular formula is C21H36N4O4. The molecule has 2 aliphatic heterocycles. The van der Waals surface area contributed by atoms with Gasteiger partial charge in [-0.05, 0) is 18.6 Å². The summed E-state index contributed by atoms with van der Waals surface area (Å²) in [6.45, 7) is 10.3. The van der Waals surface area contributed by atoms with Crippen LogP contribution in [-0.2, 0) is 20.6 Å². The highest BCUT2D eigenvalue weighted by atomic mass is 16.5. The number of rotatable bonds is 11. The maximum absolute atomic E-state index is 5.73.